The molecule has 0 amide bonds. The highest BCUT2D eigenvalue weighted by Gasteiger charge is 2.22. The maximum absolute atomic E-state index is 5.53. The molecule has 0 aliphatic carbocycles. The molecule has 3 heterocycles. The second-order valence-corrected chi connectivity index (χ2v) is 4.93. The Morgan fingerprint density at radius 1 is 1.38 bits per heavy atom. The molecule has 3 nitrogen and oxygen atoms in total. The van der Waals surface area contributed by atoms with E-state index in [0.717, 1.165) is 38.6 Å². The van der Waals surface area contributed by atoms with Crippen LogP contribution >= 0.6 is 0 Å². The normalized spacial score (nSPS) is 22.1. The van der Waals surface area contributed by atoms with Crippen molar-refractivity contribution < 1.29 is 4.74 Å². The summed E-state index contributed by atoms with van der Waals surface area (Å²) in [6.07, 6.45) is 3.63. The van der Waals surface area contributed by atoms with E-state index in [2.05, 4.69) is 23.0 Å². The predicted molar refractivity (Wildman–Crippen MR) is 63.6 cm³/mol. The molecule has 1 aromatic heterocycles. The number of aromatic nitrogens is 1. The van der Waals surface area contributed by atoms with Crippen LogP contribution in [0.15, 0.2) is 6.07 Å². The van der Waals surface area contributed by atoms with Crippen LogP contribution in [0.5, 0.6) is 0 Å². The Labute approximate surface area is 96.8 Å². The highest BCUT2D eigenvalue weighted by Crippen LogP contribution is 2.30. The van der Waals surface area contributed by atoms with E-state index in [4.69, 9.17) is 4.74 Å². The molecule has 0 unspecified atom stereocenters. The summed E-state index contributed by atoms with van der Waals surface area (Å²) >= 11 is 0. The zero-order valence-corrected chi connectivity index (χ0v) is 9.96. The lowest BCUT2D eigenvalue weighted by Crippen LogP contribution is -2.27. The van der Waals surface area contributed by atoms with Crippen molar-refractivity contribution in [2.45, 2.75) is 31.8 Å². The number of piperidine rings is 1. The van der Waals surface area contributed by atoms with Gasteiger partial charge in [-0.2, -0.15) is 0 Å². The summed E-state index contributed by atoms with van der Waals surface area (Å²) < 4.78 is 7.95. The molecule has 0 saturated carbocycles. The van der Waals surface area contributed by atoms with Crippen molar-refractivity contribution in [2.24, 2.45) is 7.05 Å². The van der Waals surface area contributed by atoms with Gasteiger partial charge in [-0.1, -0.05) is 0 Å². The number of hydrogen-bond acceptors (Lipinski definition) is 2. The molecule has 3 heteroatoms. The summed E-state index contributed by atoms with van der Waals surface area (Å²) in [5.74, 6) is 0.747. The summed E-state index contributed by atoms with van der Waals surface area (Å²) in [6.45, 7) is 4.03. The lowest BCUT2D eigenvalue weighted by Gasteiger charge is -2.23. The summed E-state index contributed by atoms with van der Waals surface area (Å²) in [7, 11) is 2.22. The van der Waals surface area contributed by atoms with Crippen molar-refractivity contribution in [1.82, 2.24) is 9.88 Å². The fourth-order valence-corrected chi connectivity index (χ4v) is 3.04. The fraction of sp³-hybridized carbons (Fsp3) is 0.692. The van der Waals surface area contributed by atoms with Gasteiger partial charge in [0.15, 0.2) is 0 Å². The summed E-state index contributed by atoms with van der Waals surface area (Å²) in [4.78, 5) is 0. The summed E-state index contributed by atoms with van der Waals surface area (Å²) in [5.41, 5.74) is 4.44. The Kier molecular flexibility index (Phi) is 2.74. The molecular weight excluding hydrogens is 200 g/mol. The first-order chi connectivity index (χ1) is 7.86. The summed E-state index contributed by atoms with van der Waals surface area (Å²) in [5, 5.41) is 3.43. The summed E-state index contributed by atoms with van der Waals surface area (Å²) in [6, 6.07) is 2.38. The number of nitrogens with one attached hydrogen (secondary N) is 1. The van der Waals surface area contributed by atoms with Crippen molar-refractivity contribution in [3.05, 3.63) is 23.0 Å². The number of fused-ring (bicyclic) bond motifs is 1. The van der Waals surface area contributed by atoms with Crippen molar-refractivity contribution in [3.8, 4) is 0 Å². The highest BCUT2D eigenvalue weighted by molar-refractivity contribution is 5.31. The van der Waals surface area contributed by atoms with Gasteiger partial charge in [0, 0.05) is 30.8 Å². The Bertz CT molecular complexity index is 378. The quantitative estimate of drug-likeness (QED) is 0.777. The maximum atomic E-state index is 5.53. The van der Waals surface area contributed by atoms with E-state index < -0.39 is 0 Å². The Balaban J connectivity index is 1.91. The van der Waals surface area contributed by atoms with Gasteiger partial charge in [-0.3, -0.25) is 0 Å². The molecule has 0 spiro atoms. The molecule has 1 saturated heterocycles. The largest absolute Gasteiger partial charge is 0.376 e. The number of hydrogen-bond donors (Lipinski definition) is 1. The first kappa shape index (κ1) is 10.4. The maximum Gasteiger partial charge on any atom is 0.0734 e. The van der Waals surface area contributed by atoms with E-state index in [-0.39, 0.29) is 0 Å². The van der Waals surface area contributed by atoms with E-state index in [9.17, 15) is 0 Å². The van der Waals surface area contributed by atoms with E-state index in [1.807, 2.05) is 0 Å². The molecule has 0 aromatic carbocycles. The van der Waals surface area contributed by atoms with E-state index >= 15 is 0 Å². The van der Waals surface area contributed by atoms with Gasteiger partial charge in [-0.05, 0) is 37.6 Å². The van der Waals surface area contributed by atoms with Crippen LogP contribution in [0.25, 0.3) is 0 Å². The van der Waals surface area contributed by atoms with Crippen molar-refractivity contribution in [3.63, 3.8) is 0 Å². The van der Waals surface area contributed by atoms with E-state index in [1.165, 1.54) is 29.8 Å². The third kappa shape index (κ3) is 1.68. The molecule has 1 fully saturated rings. The minimum Gasteiger partial charge on any atom is -0.376 e. The topological polar surface area (TPSA) is 26.2 Å². The van der Waals surface area contributed by atoms with E-state index in [0.29, 0.717) is 0 Å². The molecule has 2 aliphatic rings. The zero-order chi connectivity index (χ0) is 11.0. The SMILES string of the molecule is Cn1c(C2CCNCC2)cc2c1CCOC2. The Morgan fingerprint density at radius 3 is 2.94 bits per heavy atom. The molecule has 1 N–H and O–H groups in total. The van der Waals surface area contributed by atoms with Crippen LogP contribution in [0.3, 0.4) is 0 Å². The smallest absolute Gasteiger partial charge is 0.0734 e. The van der Waals surface area contributed by atoms with Gasteiger partial charge in [0.1, 0.15) is 0 Å². The molecule has 1 aromatic rings. The minimum absolute atomic E-state index is 0.747. The van der Waals surface area contributed by atoms with Gasteiger partial charge < -0.3 is 14.6 Å². The number of nitrogens with zero attached hydrogens (tertiary/aromatic N) is 1. The third-order valence-electron chi connectivity index (χ3n) is 3.98. The first-order valence-electron chi connectivity index (χ1n) is 6.32. The molecular formula is C13H20N2O. The Morgan fingerprint density at radius 2 is 2.19 bits per heavy atom. The molecule has 3 rings (SSSR count). The van der Waals surface area contributed by atoms with Gasteiger partial charge in [0.05, 0.1) is 13.2 Å². The first-order valence-corrected chi connectivity index (χ1v) is 6.32. The van der Waals surface area contributed by atoms with Crippen LogP contribution in [0, 0.1) is 0 Å². The highest BCUT2D eigenvalue weighted by atomic mass is 16.5. The third-order valence-corrected chi connectivity index (χ3v) is 3.98. The molecule has 0 radical (unpaired) electrons. The van der Waals surface area contributed by atoms with E-state index in [1.54, 1.807) is 0 Å². The molecule has 2 aliphatic heterocycles. The molecule has 0 atom stereocenters. The number of ether oxygens (including phenoxy) is 1. The Hall–Kier alpha value is -0.800. The zero-order valence-electron chi connectivity index (χ0n) is 9.96. The van der Waals surface area contributed by atoms with Gasteiger partial charge in [0.25, 0.3) is 0 Å². The van der Waals surface area contributed by atoms with Crippen LogP contribution in [0.4, 0.5) is 0 Å². The lowest BCUT2D eigenvalue weighted by atomic mass is 9.94. The van der Waals surface area contributed by atoms with Gasteiger partial charge in [0.2, 0.25) is 0 Å². The average Bonchev–Trinajstić information content (AvgIpc) is 2.69. The van der Waals surface area contributed by atoms with Crippen LogP contribution in [-0.2, 0) is 24.8 Å². The average molecular weight is 220 g/mol. The number of rotatable bonds is 1. The van der Waals surface area contributed by atoms with Gasteiger partial charge in [-0.25, -0.2) is 0 Å². The minimum atomic E-state index is 0.747. The molecule has 0 bridgehead atoms. The second-order valence-electron chi connectivity index (χ2n) is 4.93. The van der Waals surface area contributed by atoms with Crippen LogP contribution in [0.2, 0.25) is 0 Å². The second kappa shape index (κ2) is 4.22. The van der Waals surface area contributed by atoms with Crippen molar-refractivity contribution in [2.75, 3.05) is 19.7 Å². The van der Waals surface area contributed by atoms with Crippen molar-refractivity contribution >= 4 is 0 Å². The van der Waals surface area contributed by atoms with Crippen molar-refractivity contribution in [1.29, 1.82) is 0 Å². The molecule has 88 valence electrons. The lowest BCUT2D eigenvalue weighted by molar-refractivity contribution is 0.109. The monoisotopic (exact) mass is 220 g/mol. The predicted octanol–water partition coefficient (Wildman–Crippen LogP) is 1.56. The van der Waals surface area contributed by atoms with Crippen LogP contribution < -0.4 is 5.32 Å². The standard InChI is InChI=1S/C13H20N2O/c1-15-12-4-7-16-9-11(12)8-13(15)10-2-5-14-6-3-10/h8,10,14H,2-7,9H2,1H3. The fourth-order valence-electron chi connectivity index (χ4n) is 3.04. The molecule has 16 heavy (non-hydrogen) atoms. The van der Waals surface area contributed by atoms with Gasteiger partial charge >= 0.3 is 0 Å². The van der Waals surface area contributed by atoms with Gasteiger partial charge in [-0.15, -0.1) is 0 Å². The van der Waals surface area contributed by atoms with Crippen LogP contribution in [-0.4, -0.2) is 24.3 Å². The van der Waals surface area contributed by atoms with Crippen LogP contribution in [0.1, 0.15) is 35.7 Å².